The fourth-order valence-electron chi connectivity index (χ4n) is 1.51. The van der Waals surface area contributed by atoms with Crippen molar-refractivity contribution in [1.82, 2.24) is 15.0 Å². The normalized spacial score (nSPS) is 13.5. The van der Waals surface area contributed by atoms with Crippen LogP contribution in [0.5, 0.6) is 6.01 Å². The fraction of sp³-hybridized carbons (Fsp3) is 0.308. The molecule has 10 heteroatoms. The fourth-order valence-corrected chi connectivity index (χ4v) is 1.51. The van der Waals surface area contributed by atoms with E-state index in [2.05, 4.69) is 30.3 Å². The number of nitrogens with zero attached hydrogens (tertiary/aromatic N) is 3. The summed E-state index contributed by atoms with van der Waals surface area (Å²) in [6.45, 7) is 0. The summed E-state index contributed by atoms with van der Waals surface area (Å²) in [6, 6.07) is 8.12. The quantitative estimate of drug-likeness (QED) is 0.760. The molecule has 1 heterocycles. The van der Waals surface area contributed by atoms with Gasteiger partial charge in [0.05, 0.1) is 0 Å². The van der Waals surface area contributed by atoms with Crippen LogP contribution in [0.2, 0.25) is 0 Å². The van der Waals surface area contributed by atoms with Crippen molar-refractivity contribution in [3.05, 3.63) is 30.3 Å². The Bertz CT molecular complexity index is 631. The topological polar surface area (TPSA) is 72.0 Å². The smallest absolute Gasteiger partial charge is 0.325 e. The third-order valence-electron chi connectivity index (χ3n) is 2.58. The summed E-state index contributed by atoms with van der Waals surface area (Å²) < 4.78 is 54.8. The van der Waals surface area contributed by atoms with Crippen LogP contribution >= 0.6 is 0 Å². The lowest BCUT2D eigenvalue weighted by molar-refractivity contribution is -0.0784. The number of nitrogens with one attached hydrogen (secondary N) is 2. The lowest BCUT2D eigenvalue weighted by Crippen LogP contribution is -2.30. The van der Waals surface area contributed by atoms with E-state index in [1.807, 2.05) is 0 Å². The van der Waals surface area contributed by atoms with E-state index in [0.29, 0.717) is 5.69 Å². The van der Waals surface area contributed by atoms with Gasteiger partial charge in [0.15, 0.2) is 0 Å². The second kappa shape index (κ2) is 7.56. The molecule has 124 valence electrons. The van der Waals surface area contributed by atoms with Crippen molar-refractivity contribution in [2.75, 3.05) is 17.7 Å². The van der Waals surface area contributed by atoms with Gasteiger partial charge in [-0.3, -0.25) is 0 Å². The third-order valence-corrected chi connectivity index (χ3v) is 2.58. The molecule has 0 saturated carbocycles. The molecule has 2 aromatic rings. The maximum Gasteiger partial charge on any atom is 0.325 e. The van der Waals surface area contributed by atoms with E-state index in [1.54, 1.807) is 30.3 Å². The number of hydrogen-bond donors (Lipinski definition) is 2. The summed E-state index contributed by atoms with van der Waals surface area (Å²) >= 11 is 0. The highest BCUT2D eigenvalue weighted by molar-refractivity contribution is 5.53. The van der Waals surface area contributed by atoms with Crippen LogP contribution in [0.4, 0.5) is 35.1 Å². The summed E-state index contributed by atoms with van der Waals surface area (Å²) in [5, 5.41) is 5.37. The molecule has 0 aliphatic rings. The van der Waals surface area contributed by atoms with Crippen LogP contribution in [-0.4, -0.2) is 41.0 Å². The Labute approximate surface area is 128 Å². The Balaban J connectivity index is 2.18. The van der Waals surface area contributed by atoms with Gasteiger partial charge in [0, 0.05) is 12.7 Å². The van der Waals surface area contributed by atoms with Gasteiger partial charge in [-0.25, -0.2) is 13.2 Å². The van der Waals surface area contributed by atoms with Crippen molar-refractivity contribution in [3.63, 3.8) is 0 Å². The predicted octanol–water partition coefficient (Wildman–Crippen LogP) is 2.93. The van der Waals surface area contributed by atoms with E-state index in [1.165, 1.54) is 7.05 Å². The van der Waals surface area contributed by atoms with Gasteiger partial charge in [-0.1, -0.05) is 18.2 Å². The van der Waals surface area contributed by atoms with E-state index in [-0.39, 0.29) is 11.9 Å². The van der Waals surface area contributed by atoms with Gasteiger partial charge in [-0.05, 0) is 12.1 Å². The third kappa shape index (κ3) is 4.66. The molecule has 2 atom stereocenters. The Morgan fingerprint density at radius 2 is 1.61 bits per heavy atom. The Morgan fingerprint density at radius 1 is 0.957 bits per heavy atom. The van der Waals surface area contributed by atoms with Crippen molar-refractivity contribution >= 4 is 17.6 Å². The molecule has 6 nitrogen and oxygen atoms in total. The summed E-state index contributed by atoms with van der Waals surface area (Å²) in [6.07, 6.45) is -9.51. The molecule has 0 aliphatic carbocycles. The van der Waals surface area contributed by atoms with E-state index in [4.69, 9.17) is 0 Å². The Morgan fingerprint density at radius 3 is 2.22 bits per heavy atom. The average Bonchev–Trinajstić information content (AvgIpc) is 2.54. The zero-order valence-corrected chi connectivity index (χ0v) is 11.9. The number of halogens is 4. The molecule has 2 unspecified atom stereocenters. The van der Waals surface area contributed by atoms with Crippen LogP contribution in [0.3, 0.4) is 0 Å². The van der Waals surface area contributed by atoms with Gasteiger partial charge in [-0.15, -0.1) is 0 Å². The molecule has 1 aromatic heterocycles. The van der Waals surface area contributed by atoms with E-state index >= 15 is 0 Å². The first kappa shape index (κ1) is 16.7. The highest BCUT2D eigenvalue weighted by Gasteiger charge is 2.32. The standard InChI is InChI=1S/C13H13F4N5O/c1-18-11-20-12(19-7-5-3-2-4-6-7)22-13(21-11)23-10(17)8(14)9(15)16/h2-6,8-10H,1H3,(H2,18,19,20,21,22). The van der Waals surface area contributed by atoms with Crippen LogP contribution in [0.1, 0.15) is 0 Å². The van der Waals surface area contributed by atoms with Gasteiger partial charge in [0.2, 0.25) is 18.1 Å². The van der Waals surface area contributed by atoms with E-state index in [9.17, 15) is 17.6 Å². The van der Waals surface area contributed by atoms with Crippen molar-refractivity contribution < 1.29 is 22.3 Å². The molecule has 0 spiro atoms. The summed E-state index contributed by atoms with van der Waals surface area (Å²) in [5.41, 5.74) is 0.624. The minimum atomic E-state index is -3.52. The maximum absolute atomic E-state index is 13.3. The molecule has 0 saturated heterocycles. The van der Waals surface area contributed by atoms with Crippen LogP contribution in [0.25, 0.3) is 0 Å². The van der Waals surface area contributed by atoms with Gasteiger partial charge in [0.25, 0.3) is 12.8 Å². The SMILES string of the molecule is CNc1nc(Nc2ccccc2)nc(OC(F)C(F)C(F)F)n1. The monoisotopic (exact) mass is 331 g/mol. The number of aromatic nitrogens is 3. The molecule has 0 fully saturated rings. The Kier molecular flexibility index (Phi) is 5.50. The van der Waals surface area contributed by atoms with Gasteiger partial charge in [-0.2, -0.15) is 19.3 Å². The van der Waals surface area contributed by atoms with Crippen molar-refractivity contribution in [2.24, 2.45) is 0 Å². The number of anilines is 3. The zero-order valence-electron chi connectivity index (χ0n) is 11.9. The summed E-state index contributed by atoms with van der Waals surface area (Å²) in [5.74, 6) is -0.0294. The van der Waals surface area contributed by atoms with Crippen LogP contribution in [-0.2, 0) is 0 Å². The number of alkyl halides is 4. The summed E-state index contributed by atoms with van der Waals surface area (Å²) in [4.78, 5) is 11.3. The second-order valence-corrected chi connectivity index (χ2v) is 4.25. The molecule has 0 radical (unpaired) electrons. The number of hydrogen-bond acceptors (Lipinski definition) is 6. The van der Waals surface area contributed by atoms with Crippen LogP contribution < -0.4 is 15.4 Å². The number of para-hydroxylation sites is 1. The summed E-state index contributed by atoms with van der Waals surface area (Å²) in [7, 11) is 1.48. The van der Waals surface area contributed by atoms with Crippen molar-refractivity contribution in [2.45, 2.75) is 19.0 Å². The van der Waals surface area contributed by atoms with Crippen molar-refractivity contribution in [3.8, 4) is 6.01 Å². The largest absolute Gasteiger partial charge is 0.425 e. The molecular formula is C13H13F4N5O. The van der Waals surface area contributed by atoms with Gasteiger partial charge >= 0.3 is 6.01 Å². The lowest BCUT2D eigenvalue weighted by atomic mass is 10.3. The molecule has 23 heavy (non-hydrogen) atoms. The zero-order chi connectivity index (χ0) is 16.8. The Hall–Kier alpha value is -2.65. The minimum Gasteiger partial charge on any atom is -0.425 e. The van der Waals surface area contributed by atoms with Crippen LogP contribution in [0, 0.1) is 0 Å². The molecule has 1 aromatic carbocycles. The van der Waals surface area contributed by atoms with Gasteiger partial charge < -0.3 is 15.4 Å². The molecule has 0 amide bonds. The molecule has 2 rings (SSSR count). The van der Waals surface area contributed by atoms with Crippen molar-refractivity contribution in [1.29, 1.82) is 0 Å². The van der Waals surface area contributed by atoms with E-state index < -0.39 is 25.0 Å². The number of rotatable bonds is 7. The molecular weight excluding hydrogens is 318 g/mol. The highest BCUT2D eigenvalue weighted by Crippen LogP contribution is 2.20. The highest BCUT2D eigenvalue weighted by atomic mass is 19.3. The first-order valence-corrected chi connectivity index (χ1v) is 6.48. The minimum absolute atomic E-state index is 0.00640. The van der Waals surface area contributed by atoms with E-state index in [0.717, 1.165) is 0 Å². The molecule has 0 bridgehead atoms. The average molecular weight is 331 g/mol. The van der Waals surface area contributed by atoms with Gasteiger partial charge in [0.1, 0.15) is 0 Å². The van der Waals surface area contributed by atoms with Crippen LogP contribution in [0.15, 0.2) is 30.3 Å². The first-order chi connectivity index (χ1) is 11.0. The lowest BCUT2D eigenvalue weighted by Gasteiger charge is -2.14. The number of ether oxygens (including phenoxy) is 1. The second-order valence-electron chi connectivity index (χ2n) is 4.25. The number of benzene rings is 1. The first-order valence-electron chi connectivity index (χ1n) is 6.48. The molecule has 2 N–H and O–H groups in total. The predicted molar refractivity (Wildman–Crippen MR) is 75.5 cm³/mol. The maximum atomic E-state index is 13.3. The molecule has 0 aliphatic heterocycles.